The highest BCUT2D eigenvalue weighted by molar-refractivity contribution is 4.79. The molecule has 4 unspecified atom stereocenters. The molecule has 2 heterocycles. The molecular formula is C14H28N2O3. The fourth-order valence-electron chi connectivity index (χ4n) is 3.09. The zero-order valence-electron chi connectivity index (χ0n) is 12.4. The quantitative estimate of drug-likeness (QED) is 0.791. The van der Waals surface area contributed by atoms with Crippen molar-refractivity contribution in [1.82, 2.24) is 9.80 Å². The fourth-order valence-corrected chi connectivity index (χ4v) is 3.09. The number of morpholine rings is 2. The minimum atomic E-state index is -0.293. The monoisotopic (exact) mass is 272 g/mol. The first-order chi connectivity index (χ1) is 9.04. The van der Waals surface area contributed by atoms with E-state index in [-0.39, 0.29) is 18.3 Å². The van der Waals surface area contributed by atoms with E-state index in [4.69, 9.17) is 9.47 Å². The van der Waals surface area contributed by atoms with Crippen molar-refractivity contribution in [3.63, 3.8) is 0 Å². The summed E-state index contributed by atoms with van der Waals surface area (Å²) in [7, 11) is 0. The van der Waals surface area contributed by atoms with E-state index < -0.39 is 0 Å². The largest absolute Gasteiger partial charge is 0.390 e. The second-order valence-corrected chi connectivity index (χ2v) is 6.05. The van der Waals surface area contributed by atoms with Crippen LogP contribution in [0.2, 0.25) is 0 Å². The Morgan fingerprint density at radius 1 is 1.16 bits per heavy atom. The zero-order chi connectivity index (χ0) is 13.8. The van der Waals surface area contributed by atoms with Crippen LogP contribution in [-0.2, 0) is 9.47 Å². The molecule has 0 amide bonds. The molecule has 2 saturated heterocycles. The molecule has 4 atom stereocenters. The molecule has 0 aromatic heterocycles. The maximum absolute atomic E-state index is 10.3. The summed E-state index contributed by atoms with van der Waals surface area (Å²) in [6, 6.07) is 0.408. The third kappa shape index (κ3) is 4.68. The van der Waals surface area contributed by atoms with Crippen LogP contribution in [0, 0.1) is 0 Å². The highest BCUT2D eigenvalue weighted by Crippen LogP contribution is 2.12. The Bertz CT molecular complexity index is 267. The Labute approximate surface area is 116 Å². The third-order valence-electron chi connectivity index (χ3n) is 3.91. The minimum Gasteiger partial charge on any atom is -0.390 e. The van der Waals surface area contributed by atoms with Crippen LogP contribution < -0.4 is 0 Å². The van der Waals surface area contributed by atoms with E-state index in [1.54, 1.807) is 0 Å². The SMILES string of the molecule is CC1CN(CC(O)CN2CCOCC2C)CC(C)O1. The van der Waals surface area contributed by atoms with E-state index in [0.29, 0.717) is 6.04 Å². The highest BCUT2D eigenvalue weighted by atomic mass is 16.5. The normalized spacial score (nSPS) is 36.3. The molecule has 2 rings (SSSR count). The topological polar surface area (TPSA) is 45.2 Å². The van der Waals surface area contributed by atoms with Crippen molar-refractivity contribution in [2.75, 3.05) is 45.9 Å². The first-order valence-corrected chi connectivity index (χ1v) is 7.42. The first-order valence-electron chi connectivity index (χ1n) is 7.42. The molecule has 0 aliphatic carbocycles. The van der Waals surface area contributed by atoms with E-state index in [0.717, 1.165) is 45.9 Å². The maximum Gasteiger partial charge on any atom is 0.0793 e. The maximum atomic E-state index is 10.3. The summed E-state index contributed by atoms with van der Waals surface area (Å²) in [5, 5.41) is 10.3. The lowest BCUT2D eigenvalue weighted by Gasteiger charge is -2.38. The predicted molar refractivity (Wildman–Crippen MR) is 74.3 cm³/mol. The molecule has 19 heavy (non-hydrogen) atoms. The lowest BCUT2D eigenvalue weighted by atomic mass is 10.2. The lowest BCUT2D eigenvalue weighted by molar-refractivity contribution is -0.0815. The Kier molecular flexibility index (Phi) is 5.59. The van der Waals surface area contributed by atoms with Crippen LogP contribution in [0.5, 0.6) is 0 Å². The first kappa shape index (κ1) is 15.2. The zero-order valence-corrected chi connectivity index (χ0v) is 12.4. The average molecular weight is 272 g/mol. The van der Waals surface area contributed by atoms with Crippen molar-refractivity contribution in [1.29, 1.82) is 0 Å². The number of nitrogens with zero attached hydrogens (tertiary/aromatic N) is 2. The second kappa shape index (κ2) is 6.99. The number of β-amino-alcohol motifs (C(OH)–C–C–N with tert-alkyl or cyclic N) is 1. The summed E-state index contributed by atoms with van der Waals surface area (Å²) >= 11 is 0. The fraction of sp³-hybridized carbons (Fsp3) is 1.00. The number of hydrogen-bond donors (Lipinski definition) is 1. The molecule has 0 spiro atoms. The van der Waals surface area contributed by atoms with Crippen LogP contribution >= 0.6 is 0 Å². The summed E-state index contributed by atoms with van der Waals surface area (Å²) in [4.78, 5) is 4.64. The molecule has 2 fully saturated rings. The average Bonchev–Trinajstić information content (AvgIpc) is 2.30. The molecule has 0 radical (unpaired) electrons. The molecule has 112 valence electrons. The van der Waals surface area contributed by atoms with Gasteiger partial charge in [0, 0.05) is 38.8 Å². The van der Waals surface area contributed by atoms with Crippen LogP contribution in [0.25, 0.3) is 0 Å². The van der Waals surface area contributed by atoms with E-state index in [2.05, 4.69) is 30.6 Å². The summed E-state index contributed by atoms with van der Waals surface area (Å²) in [5.41, 5.74) is 0. The molecule has 0 saturated carbocycles. The van der Waals surface area contributed by atoms with Gasteiger partial charge in [-0.2, -0.15) is 0 Å². The number of ether oxygens (including phenoxy) is 2. The Hall–Kier alpha value is -0.200. The van der Waals surface area contributed by atoms with Gasteiger partial charge in [0.05, 0.1) is 31.5 Å². The summed E-state index contributed by atoms with van der Waals surface area (Å²) < 4.78 is 11.1. The number of aliphatic hydroxyl groups excluding tert-OH is 1. The van der Waals surface area contributed by atoms with Crippen molar-refractivity contribution in [3.8, 4) is 0 Å². The van der Waals surface area contributed by atoms with Gasteiger partial charge in [-0.3, -0.25) is 9.80 Å². The van der Waals surface area contributed by atoms with Gasteiger partial charge in [0.1, 0.15) is 0 Å². The Morgan fingerprint density at radius 2 is 1.84 bits per heavy atom. The Morgan fingerprint density at radius 3 is 2.47 bits per heavy atom. The van der Waals surface area contributed by atoms with Crippen LogP contribution in [0.1, 0.15) is 20.8 Å². The molecule has 5 heteroatoms. The van der Waals surface area contributed by atoms with Gasteiger partial charge < -0.3 is 14.6 Å². The molecule has 2 aliphatic rings. The van der Waals surface area contributed by atoms with Crippen molar-refractivity contribution in [2.24, 2.45) is 0 Å². The Balaban J connectivity index is 1.75. The van der Waals surface area contributed by atoms with Crippen LogP contribution in [-0.4, -0.2) is 85.2 Å². The van der Waals surface area contributed by atoms with Gasteiger partial charge in [0.15, 0.2) is 0 Å². The van der Waals surface area contributed by atoms with Crippen LogP contribution in [0.3, 0.4) is 0 Å². The van der Waals surface area contributed by atoms with Crippen LogP contribution in [0.15, 0.2) is 0 Å². The van der Waals surface area contributed by atoms with Gasteiger partial charge in [-0.25, -0.2) is 0 Å². The molecule has 5 nitrogen and oxygen atoms in total. The third-order valence-corrected chi connectivity index (χ3v) is 3.91. The van der Waals surface area contributed by atoms with Crippen molar-refractivity contribution >= 4 is 0 Å². The van der Waals surface area contributed by atoms with Gasteiger partial charge in [-0.15, -0.1) is 0 Å². The summed E-state index contributed by atoms with van der Waals surface area (Å²) in [5.74, 6) is 0. The molecule has 0 aromatic carbocycles. The smallest absolute Gasteiger partial charge is 0.0793 e. The number of rotatable bonds is 4. The van der Waals surface area contributed by atoms with Gasteiger partial charge in [-0.1, -0.05) is 0 Å². The molecule has 2 aliphatic heterocycles. The summed E-state index contributed by atoms with van der Waals surface area (Å²) in [6.45, 7) is 12.1. The number of hydrogen-bond acceptors (Lipinski definition) is 5. The minimum absolute atomic E-state index is 0.262. The summed E-state index contributed by atoms with van der Waals surface area (Å²) in [6.07, 6.45) is 0.231. The van der Waals surface area contributed by atoms with E-state index >= 15 is 0 Å². The van der Waals surface area contributed by atoms with Crippen molar-refractivity contribution < 1.29 is 14.6 Å². The number of aliphatic hydroxyl groups is 1. The molecule has 1 N–H and O–H groups in total. The van der Waals surface area contributed by atoms with Gasteiger partial charge in [-0.05, 0) is 20.8 Å². The van der Waals surface area contributed by atoms with Crippen molar-refractivity contribution in [2.45, 2.75) is 45.1 Å². The van der Waals surface area contributed by atoms with Gasteiger partial charge in [0.25, 0.3) is 0 Å². The predicted octanol–water partition coefficient (Wildman–Crippen LogP) is 0.177. The molecular weight excluding hydrogens is 244 g/mol. The van der Waals surface area contributed by atoms with E-state index in [1.165, 1.54) is 0 Å². The molecule has 0 aromatic rings. The van der Waals surface area contributed by atoms with E-state index in [1.807, 2.05) is 0 Å². The van der Waals surface area contributed by atoms with E-state index in [9.17, 15) is 5.11 Å². The standard InChI is InChI=1S/C14H28N2O3/c1-11-10-18-5-4-16(11)9-14(17)8-15-6-12(2)19-13(3)7-15/h11-14,17H,4-10H2,1-3H3. The highest BCUT2D eigenvalue weighted by Gasteiger charge is 2.26. The van der Waals surface area contributed by atoms with Gasteiger partial charge in [0.2, 0.25) is 0 Å². The lowest BCUT2D eigenvalue weighted by Crippen LogP contribution is -2.52. The van der Waals surface area contributed by atoms with Crippen LogP contribution in [0.4, 0.5) is 0 Å². The van der Waals surface area contributed by atoms with Gasteiger partial charge >= 0.3 is 0 Å². The van der Waals surface area contributed by atoms with Crippen molar-refractivity contribution in [3.05, 3.63) is 0 Å². The second-order valence-electron chi connectivity index (χ2n) is 6.05. The molecule has 0 bridgehead atoms.